The van der Waals surface area contributed by atoms with E-state index in [1.54, 1.807) is 13.8 Å². The van der Waals surface area contributed by atoms with Crippen LogP contribution in [0.4, 0.5) is 0 Å². The fourth-order valence-electron chi connectivity index (χ4n) is 0.925. The van der Waals surface area contributed by atoms with Crippen LogP contribution in [0.5, 0.6) is 0 Å². The number of aliphatic hydroxyl groups is 1. The van der Waals surface area contributed by atoms with Gasteiger partial charge in [0.15, 0.2) is 0 Å². The summed E-state index contributed by atoms with van der Waals surface area (Å²) in [5.74, 6) is -0.415. The average Bonchev–Trinajstić information content (AvgIpc) is 2.02. The molecule has 0 amide bonds. The van der Waals surface area contributed by atoms with Gasteiger partial charge in [0.2, 0.25) is 0 Å². The number of hydrogen-bond donors (Lipinski definition) is 1. The van der Waals surface area contributed by atoms with Gasteiger partial charge in [-0.25, -0.2) is 4.79 Å². The van der Waals surface area contributed by atoms with Gasteiger partial charge in [-0.2, -0.15) is 4.89 Å². The lowest BCUT2D eigenvalue weighted by molar-refractivity contribution is -0.274. The Morgan fingerprint density at radius 2 is 2.07 bits per heavy atom. The molecule has 1 N–H and O–H groups in total. The Balaban J connectivity index is 3.54. The minimum Gasteiger partial charge on any atom is -0.393 e. The topological polar surface area (TPSA) is 55.8 Å². The molecule has 0 fully saturated rings. The van der Waals surface area contributed by atoms with Gasteiger partial charge in [-0.1, -0.05) is 13.5 Å². The summed E-state index contributed by atoms with van der Waals surface area (Å²) in [6.07, 6.45) is 0.246. The largest absolute Gasteiger partial charge is 0.393 e. The van der Waals surface area contributed by atoms with Crippen molar-refractivity contribution in [3.8, 4) is 0 Å². The molecule has 0 aromatic rings. The maximum Gasteiger partial charge on any atom is 0.368 e. The van der Waals surface area contributed by atoms with Crippen molar-refractivity contribution in [1.82, 2.24) is 0 Å². The molecule has 0 radical (unpaired) electrons. The third-order valence-electron chi connectivity index (χ3n) is 1.58. The van der Waals surface area contributed by atoms with E-state index in [4.69, 9.17) is 9.99 Å². The van der Waals surface area contributed by atoms with Gasteiger partial charge in [-0.05, 0) is 26.2 Å². The molecule has 82 valence electrons. The Hall–Kier alpha value is -0.870. The number of rotatable bonds is 6. The first-order chi connectivity index (χ1) is 6.43. The Morgan fingerprint density at radius 1 is 1.50 bits per heavy atom. The maximum absolute atomic E-state index is 10.9. The first kappa shape index (κ1) is 13.1. The van der Waals surface area contributed by atoms with Gasteiger partial charge < -0.3 is 5.11 Å². The molecule has 0 aromatic carbocycles. The van der Waals surface area contributed by atoms with Gasteiger partial charge in [0, 0.05) is 5.57 Å². The van der Waals surface area contributed by atoms with E-state index in [1.807, 2.05) is 6.92 Å². The molecule has 0 heterocycles. The minimum atomic E-state index is -0.561. The molecule has 0 aliphatic rings. The van der Waals surface area contributed by atoms with E-state index in [-0.39, 0.29) is 18.6 Å². The minimum absolute atomic E-state index is 0.146. The molecular formula is C10H18O4. The molecule has 0 saturated carbocycles. The molecule has 0 spiro atoms. The normalized spacial score (nSPS) is 14.6. The third kappa shape index (κ3) is 6.62. The Kier molecular flexibility index (Phi) is 6.16. The van der Waals surface area contributed by atoms with Gasteiger partial charge in [0.25, 0.3) is 0 Å². The number of hydrogen-bond acceptors (Lipinski definition) is 4. The van der Waals surface area contributed by atoms with E-state index in [0.29, 0.717) is 12.0 Å². The molecular weight excluding hydrogens is 184 g/mol. The smallest absolute Gasteiger partial charge is 0.368 e. The van der Waals surface area contributed by atoms with Crippen molar-refractivity contribution in [1.29, 1.82) is 0 Å². The van der Waals surface area contributed by atoms with Crippen LogP contribution in [0.15, 0.2) is 12.2 Å². The molecule has 4 heteroatoms. The maximum atomic E-state index is 10.9. The van der Waals surface area contributed by atoms with Crippen LogP contribution < -0.4 is 0 Å². The zero-order valence-electron chi connectivity index (χ0n) is 8.95. The van der Waals surface area contributed by atoms with E-state index >= 15 is 0 Å². The molecule has 0 bridgehead atoms. The summed E-state index contributed by atoms with van der Waals surface area (Å²) in [6.45, 7) is 8.84. The van der Waals surface area contributed by atoms with Crippen molar-refractivity contribution in [2.24, 2.45) is 5.92 Å². The summed E-state index contributed by atoms with van der Waals surface area (Å²) < 4.78 is 0. The summed E-state index contributed by atoms with van der Waals surface area (Å²) in [7, 11) is 0. The van der Waals surface area contributed by atoms with Crippen molar-refractivity contribution in [2.75, 3.05) is 6.61 Å². The Bertz CT molecular complexity index is 198. The molecule has 0 aliphatic heterocycles. The van der Waals surface area contributed by atoms with Crippen LogP contribution in [0.3, 0.4) is 0 Å². The molecule has 14 heavy (non-hydrogen) atoms. The lowest BCUT2D eigenvalue weighted by Crippen LogP contribution is -2.15. The molecule has 0 aliphatic carbocycles. The summed E-state index contributed by atoms with van der Waals surface area (Å²) in [5.41, 5.74) is 0.299. The van der Waals surface area contributed by atoms with E-state index in [0.717, 1.165) is 0 Å². The standard InChI is InChI=1S/C10H18O4/c1-7(2)10(12)14-13-6-8(3)5-9(4)11/h8-9,11H,1,5-6H2,2-4H3. The summed E-state index contributed by atoms with van der Waals surface area (Å²) in [6, 6.07) is 0. The van der Waals surface area contributed by atoms with Crippen LogP contribution in [0.2, 0.25) is 0 Å². The van der Waals surface area contributed by atoms with Crippen LogP contribution in [0.25, 0.3) is 0 Å². The molecule has 0 aromatic heterocycles. The van der Waals surface area contributed by atoms with E-state index in [1.165, 1.54) is 0 Å². The zero-order chi connectivity index (χ0) is 11.1. The molecule has 2 unspecified atom stereocenters. The second-order valence-corrected chi connectivity index (χ2v) is 3.63. The fourth-order valence-corrected chi connectivity index (χ4v) is 0.925. The van der Waals surface area contributed by atoms with Crippen LogP contribution in [-0.2, 0) is 14.6 Å². The number of carbonyl (C=O) groups excluding carboxylic acids is 1. The van der Waals surface area contributed by atoms with Crippen LogP contribution in [0, 0.1) is 5.92 Å². The summed E-state index contributed by atoms with van der Waals surface area (Å²) >= 11 is 0. The van der Waals surface area contributed by atoms with E-state index < -0.39 is 5.97 Å². The first-order valence-electron chi connectivity index (χ1n) is 4.60. The third-order valence-corrected chi connectivity index (χ3v) is 1.58. The quantitative estimate of drug-likeness (QED) is 0.402. The Morgan fingerprint density at radius 3 is 2.50 bits per heavy atom. The van der Waals surface area contributed by atoms with Crippen molar-refractivity contribution < 1.29 is 19.7 Å². The molecule has 2 atom stereocenters. The van der Waals surface area contributed by atoms with Crippen molar-refractivity contribution >= 4 is 5.97 Å². The lowest BCUT2D eigenvalue weighted by Gasteiger charge is -2.12. The molecule has 0 saturated heterocycles. The number of carbonyl (C=O) groups is 1. The second-order valence-electron chi connectivity index (χ2n) is 3.63. The predicted octanol–water partition coefficient (Wildman–Crippen LogP) is 1.44. The van der Waals surface area contributed by atoms with Crippen molar-refractivity contribution in [3.63, 3.8) is 0 Å². The van der Waals surface area contributed by atoms with Gasteiger partial charge in [-0.3, -0.25) is 4.89 Å². The zero-order valence-corrected chi connectivity index (χ0v) is 8.95. The van der Waals surface area contributed by atoms with Gasteiger partial charge in [0.1, 0.15) is 0 Å². The second kappa shape index (κ2) is 6.56. The average molecular weight is 202 g/mol. The Labute approximate surface area is 84.4 Å². The summed E-state index contributed by atoms with van der Waals surface area (Å²) in [4.78, 5) is 20.0. The predicted molar refractivity (Wildman–Crippen MR) is 52.3 cm³/mol. The van der Waals surface area contributed by atoms with Gasteiger partial charge >= 0.3 is 5.97 Å². The number of aliphatic hydroxyl groups excluding tert-OH is 1. The highest BCUT2D eigenvalue weighted by Crippen LogP contribution is 2.06. The van der Waals surface area contributed by atoms with E-state index in [9.17, 15) is 4.79 Å². The van der Waals surface area contributed by atoms with Gasteiger partial charge in [-0.15, -0.1) is 0 Å². The highest BCUT2D eigenvalue weighted by Gasteiger charge is 2.09. The monoisotopic (exact) mass is 202 g/mol. The summed E-state index contributed by atoms with van der Waals surface area (Å²) in [5, 5.41) is 9.04. The van der Waals surface area contributed by atoms with Crippen LogP contribution >= 0.6 is 0 Å². The molecule has 4 nitrogen and oxygen atoms in total. The van der Waals surface area contributed by atoms with Crippen molar-refractivity contribution in [3.05, 3.63) is 12.2 Å². The lowest BCUT2D eigenvalue weighted by atomic mass is 10.1. The van der Waals surface area contributed by atoms with Crippen LogP contribution in [-0.4, -0.2) is 23.8 Å². The van der Waals surface area contributed by atoms with Crippen molar-refractivity contribution in [2.45, 2.75) is 33.3 Å². The highest BCUT2D eigenvalue weighted by molar-refractivity contribution is 5.86. The SMILES string of the molecule is C=C(C)C(=O)OOCC(C)CC(C)O. The van der Waals surface area contributed by atoms with Gasteiger partial charge in [0.05, 0.1) is 12.7 Å². The van der Waals surface area contributed by atoms with E-state index in [2.05, 4.69) is 11.5 Å². The highest BCUT2D eigenvalue weighted by atomic mass is 17.2. The first-order valence-corrected chi connectivity index (χ1v) is 4.60. The molecule has 0 rings (SSSR count). The fraction of sp³-hybridized carbons (Fsp3) is 0.700. The van der Waals surface area contributed by atoms with Crippen LogP contribution in [0.1, 0.15) is 27.2 Å².